The van der Waals surface area contributed by atoms with Crippen LogP contribution in [0.3, 0.4) is 0 Å². The molecular weight excluding hydrogens is 200 g/mol. The third-order valence-corrected chi connectivity index (χ3v) is 2.48. The highest BCUT2D eigenvalue weighted by atomic mass is 32.1. The molecule has 0 spiro atoms. The van der Waals surface area contributed by atoms with Crippen molar-refractivity contribution in [1.29, 1.82) is 0 Å². The number of ether oxygens (including phenoxy) is 1. The lowest BCUT2D eigenvalue weighted by Crippen LogP contribution is -2.38. The average molecular weight is 214 g/mol. The van der Waals surface area contributed by atoms with E-state index in [4.69, 9.17) is 0 Å². The number of thiocarbonyl (C=S) groups is 1. The fourth-order valence-electron chi connectivity index (χ4n) is 1.53. The first kappa shape index (κ1) is 11.3. The zero-order valence-corrected chi connectivity index (χ0v) is 9.05. The van der Waals surface area contributed by atoms with Gasteiger partial charge in [-0.05, 0) is 25.1 Å². The second-order valence-corrected chi connectivity index (χ2v) is 3.49. The van der Waals surface area contributed by atoms with Crippen LogP contribution in [0, 0.1) is 0 Å². The van der Waals surface area contributed by atoms with Crippen molar-refractivity contribution >= 4 is 23.3 Å². The molecule has 5 heteroatoms. The molecule has 0 aromatic heterocycles. The van der Waals surface area contributed by atoms with Crippen LogP contribution >= 0.6 is 12.2 Å². The monoisotopic (exact) mass is 214 g/mol. The van der Waals surface area contributed by atoms with Crippen LogP contribution in [0.1, 0.15) is 12.8 Å². The molecule has 0 aromatic rings. The Morgan fingerprint density at radius 1 is 1.64 bits per heavy atom. The highest BCUT2D eigenvalue weighted by molar-refractivity contribution is 7.78. The second kappa shape index (κ2) is 5.86. The molecule has 1 aliphatic rings. The smallest absolute Gasteiger partial charge is 0.319 e. The van der Waals surface area contributed by atoms with Crippen LogP contribution in [0.5, 0.6) is 0 Å². The molecule has 0 aromatic carbocycles. The van der Waals surface area contributed by atoms with E-state index in [2.05, 4.69) is 32.0 Å². The third kappa shape index (κ3) is 3.54. The number of carbonyl (C=O) groups excluding carboxylic acids is 1. The van der Waals surface area contributed by atoms with E-state index in [1.165, 1.54) is 7.11 Å². The molecule has 0 aliphatic carbocycles. The second-order valence-electron chi connectivity index (χ2n) is 3.30. The predicted molar refractivity (Wildman–Crippen MR) is 56.5 cm³/mol. The topological polar surface area (TPSA) is 41.9 Å². The van der Waals surface area contributed by atoms with E-state index in [-0.39, 0.29) is 5.97 Å². The van der Waals surface area contributed by atoms with Gasteiger partial charge in [0.15, 0.2) is 0 Å². The Labute approximate surface area is 88.9 Å². The molecule has 0 bridgehead atoms. The summed E-state index contributed by atoms with van der Waals surface area (Å²) in [6, 6.07) is 0.293. The zero-order chi connectivity index (χ0) is 10.4. The van der Waals surface area contributed by atoms with Crippen molar-refractivity contribution in [3.63, 3.8) is 0 Å². The molecule has 4 nitrogen and oxygen atoms in total. The fraction of sp³-hybridized carbons (Fsp3) is 0.778. The van der Waals surface area contributed by atoms with Gasteiger partial charge in [-0.3, -0.25) is 9.69 Å². The quantitative estimate of drug-likeness (QED) is 0.394. The Morgan fingerprint density at radius 3 is 2.79 bits per heavy atom. The molecule has 0 atom stereocenters. The van der Waals surface area contributed by atoms with Crippen molar-refractivity contribution in [2.45, 2.75) is 18.9 Å². The predicted octanol–water partition coefficient (Wildman–Crippen LogP) is 0.727. The molecule has 0 unspecified atom stereocenters. The van der Waals surface area contributed by atoms with Crippen LogP contribution in [0.2, 0.25) is 0 Å². The van der Waals surface area contributed by atoms with E-state index in [1.807, 2.05) is 0 Å². The van der Waals surface area contributed by atoms with Gasteiger partial charge in [0, 0.05) is 13.1 Å². The number of aliphatic imine (C=N–C) groups is 1. The largest absolute Gasteiger partial charge is 0.468 e. The van der Waals surface area contributed by atoms with E-state index >= 15 is 0 Å². The van der Waals surface area contributed by atoms with Crippen LogP contribution in [0.25, 0.3) is 0 Å². The van der Waals surface area contributed by atoms with E-state index in [9.17, 15) is 4.79 Å². The third-order valence-electron chi connectivity index (χ3n) is 2.37. The number of methoxy groups -OCH3 is 1. The van der Waals surface area contributed by atoms with Crippen molar-refractivity contribution in [3.05, 3.63) is 0 Å². The zero-order valence-electron chi connectivity index (χ0n) is 8.23. The van der Waals surface area contributed by atoms with Crippen molar-refractivity contribution in [2.75, 3.05) is 26.7 Å². The van der Waals surface area contributed by atoms with Crippen LogP contribution in [0.15, 0.2) is 4.99 Å². The normalized spacial score (nSPS) is 18.6. The number of hydrogen-bond acceptors (Lipinski definition) is 5. The minimum atomic E-state index is -0.179. The highest BCUT2D eigenvalue weighted by Crippen LogP contribution is 2.12. The molecule has 1 saturated heterocycles. The van der Waals surface area contributed by atoms with Crippen LogP contribution in [-0.2, 0) is 9.53 Å². The van der Waals surface area contributed by atoms with Gasteiger partial charge in [0.1, 0.15) is 0 Å². The number of nitrogens with zero attached hydrogens (tertiary/aromatic N) is 2. The van der Waals surface area contributed by atoms with E-state index in [0.717, 1.165) is 25.9 Å². The van der Waals surface area contributed by atoms with Crippen molar-refractivity contribution in [2.24, 2.45) is 4.99 Å². The maximum Gasteiger partial charge on any atom is 0.319 e. The lowest BCUT2D eigenvalue weighted by molar-refractivity contribution is -0.142. The number of rotatable bonds is 3. The molecule has 78 valence electrons. The first-order valence-electron chi connectivity index (χ1n) is 4.62. The molecule has 0 N–H and O–H groups in total. The van der Waals surface area contributed by atoms with Gasteiger partial charge in [-0.2, -0.15) is 0 Å². The fourth-order valence-corrected chi connectivity index (χ4v) is 1.68. The number of esters is 1. The van der Waals surface area contributed by atoms with Crippen molar-refractivity contribution in [1.82, 2.24) is 4.90 Å². The standard InChI is InChI=1S/C9H14N2O2S/c1-13-9(12)6-11-4-2-8(3-5-11)10-7-14/h8H,2-6H2,1H3. The molecular formula is C9H14N2O2S. The maximum atomic E-state index is 11.0. The van der Waals surface area contributed by atoms with Gasteiger partial charge in [0.2, 0.25) is 0 Å². The molecule has 14 heavy (non-hydrogen) atoms. The lowest BCUT2D eigenvalue weighted by atomic mass is 10.1. The SMILES string of the molecule is COC(=O)CN1CCC(N=C=S)CC1. The Balaban J connectivity index is 2.28. The van der Waals surface area contributed by atoms with Gasteiger partial charge in [-0.15, -0.1) is 0 Å². The first-order valence-corrected chi connectivity index (χ1v) is 5.03. The number of piperidine rings is 1. The lowest BCUT2D eigenvalue weighted by Gasteiger charge is -2.28. The molecule has 0 radical (unpaired) electrons. The summed E-state index contributed by atoms with van der Waals surface area (Å²) in [4.78, 5) is 17.1. The van der Waals surface area contributed by atoms with Crippen LogP contribution in [-0.4, -0.2) is 48.8 Å². The van der Waals surface area contributed by atoms with Gasteiger partial charge >= 0.3 is 5.97 Å². The maximum absolute atomic E-state index is 11.0. The van der Waals surface area contributed by atoms with Crippen molar-refractivity contribution < 1.29 is 9.53 Å². The van der Waals surface area contributed by atoms with Crippen LogP contribution < -0.4 is 0 Å². The summed E-state index contributed by atoms with van der Waals surface area (Å²) in [5.41, 5.74) is 0. The molecule has 0 amide bonds. The van der Waals surface area contributed by atoms with Crippen LogP contribution in [0.4, 0.5) is 0 Å². The summed E-state index contributed by atoms with van der Waals surface area (Å²) in [5.74, 6) is -0.179. The molecule has 1 fully saturated rings. The van der Waals surface area contributed by atoms with E-state index in [1.54, 1.807) is 0 Å². The van der Waals surface area contributed by atoms with E-state index in [0.29, 0.717) is 12.6 Å². The summed E-state index contributed by atoms with van der Waals surface area (Å²) in [7, 11) is 1.41. The number of isothiocyanates is 1. The number of hydrogen-bond donors (Lipinski definition) is 0. The Hall–Kier alpha value is -0.770. The molecule has 0 saturated carbocycles. The Morgan fingerprint density at radius 2 is 2.29 bits per heavy atom. The molecule has 1 aliphatic heterocycles. The van der Waals surface area contributed by atoms with E-state index < -0.39 is 0 Å². The minimum absolute atomic E-state index is 0.179. The summed E-state index contributed by atoms with van der Waals surface area (Å²) in [5, 5.41) is 2.40. The molecule has 1 heterocycles. The first-order chi connectivity index (χ1) is 6.76. The van der Waals surface area contributed by atoms with Gasteiger partial charge in [-0.25, -0.2) is 4.99 Å². The Bertz CT molecular complexity index is 243. The summed E-state index contributed by atoms with van der Waals surface area (Å²) in [6.07, 6.45) is 1.89. The average Bonchev–Trinajstić information content (AvgIpc) is 2.21. The van der Waals surface area contributed by atoms with Gasteiger partial charge in [0.05, 0.1) is 24.9 Å². The number of carbonyl (C=O) groups is 1. The minimum Gasteiger partial charge on any atom is -0.468 e. The van der Waals surface area contributed by atoms with Gasteiger partial charge < -0.3 is 4.74 Å². The Kier molecular flexibility index (Phi) is 4.73. The molecule has 1 rings (SSSR count). The summed E-state index contributed by atoms with van der Waals surface area (Å²) in [6.45, 7) is 2.13. The number of likely N-dealkylation sites (tertiary alicyclic amines) is 1. The van der Waals surface area contributed by atoms with Crippen molar-refractivity contribution in [3.8, 4) is 0 Å². The van der Waals surface area contributed by atoms with Gasteiger partial charge in [0.25, 0.3) is 0 Å². The van der Waals surface area contributed by atoms with Gasteiger partial charge in [-0.1, -0.05) is 0 Å². The summed E-state index contributed by atoms with van der Waals surface area (Å²) < 4.78 is 4.59. The summed E-state index contributed by atoms with van der Waals surface area (Å²) >= 11 is 4.55. The highest BCUT2D eigenvalue weighted by Gasteiger charge is 2.19.